The van der Waals surface area contributed by atoms with Crippen LogP contribution in [0.2, 0.25) is 0 Å². The molecule has 1 aliphatic heterocycles. The summed E-state index contributed by atoms with van der Waals surface area (Å²) >= 11 is 0. The first-order valence-electron chi connectivity index (χ1n) is 14.9. The fourth-order valence-corrected chi connectivity index (χ4v) is 6.58. The molecule has 0 saturated carbocycles. The van der Waals surface area contributed by atoms with Crippen molar-refractivity contribution in [3.63, 3.8) is 0 Å². The predicted octanol–water partition coefficient (Wildman–Crippen LogP) is 3.18. The number of benzene rings is 3. The van der Waals surface area contributed by atoms with E-state index in [0.29, 0.717) is 31.8 Å². The average molecular weight is 567 g/mol. The number of unbranched alkanes of at least 4 members (excludes halogenated alkanes) is 2. The summed E-state index contributed by atoms with van der Waals surface area (Å²) < 4.78 is 2.35. The SMILES string of the molecule is CCCCn1c(=O)c2ccc3c(=O)n(CCCC)c(=O)c4c(=C5N(CC)c6ccccc6N5CC)c(=O)c(c1=O)c2c34. The Bertz CT molecular complexity index is 2190. The van der Waals surface area contributed by atoms with Crippen LogP contribution in [-0.4, -0.2) is 22.2 Å². The molecule has 2 aromatic heterocycles. The van der Waals surface area contributed by atoms with Crippen LogP contribution in [0.3, 0.4) is 0 Å². The topological polar surface area (TPSA) is 102 Å². The van der Waals surface area contributed by atoms with Gasteiger partial charge in [-0.3, -0.25) is 33.1 Å². The maximum atomic E-state index is 14.8. The molecule has 0 spiro atoms. The van der Waals surface area contributed by atoms with E-state index in [4.69, 9.17) is 0 Å². The molecule has 0 aliphatic carbocycles. The van der Waals surface area contributed by atoms with E-state index in [2.05, 4.69) is 0 Å². The lowest BCUT2D eigenvalue weighted by Crippen LogP contribution is -2.46. The van der Waals surface area contributed by atoms with Gasteiger partial charge in [-0.25, -0.2) is 0 Å². The van der Waals surface area contributed by atoms with Gasteiger partial charge >= 0.3 is 0 Å². The van der Waals surface area contributed by atoms with Crippen LogP contribution >= 0.6 is 0 Å². The lowest BCUT2D eigenvalue weighted by atomic mass is 9.94. The molecule has 0 radical (unpaired) electrons. The first kappa shape index (κ1) is 27.6. The van der Waals surface area contributed by atoms with Crippen molar-refractivity contribution in [2.75, 3.05) is 22.9 Å². The zero-order valence-corrected chi connectivity index (χ0v) is 24.5. The summed E-state index contributed by atoms with van der Waals surface area (Å²) in [7, 11) is 0. The van der Waals surface area contributed by atoms with Gasteiger partial charge in [0.05, 0.1) is 27.4 Å². The Labute approximate surface area is 241 Å². The zero-order chi connectivity index (χ0) is 29.9. The van der Waals surface area contributed by atoms with E-state index in [1.165, 1.54) is 10.6 Å². The molecule has 216 valence electrons. The molecule has 3 aromatic carbocycles. The lowest BCUT2D eigenvalue weighted by molar-refractivity contribution is 0.603. The second kappa shape index (κ2) is 10.4. The molecule has 9 nitrogen and oxygen atoms in total. The third kappa shape index (κ3) is 3.65. The van der Waals surface area contributed by atoms with Gasteiger partial charge in [-0.05, 0) is 51.0 Å². The van der Waals surface area contributed by atoms with Crippen LogP contribution in [-0.2, 0) is 13.1 Å². The molecule has 1 aliphatic rings. The highest BCUT2D eigenvalue weighted by Crippen LogP contribution is 2.41. The summed E-state index contributed by atoms with van der Waals surface area (Å²) in [6.07, 6.45) is 2.74. The molecule has 0 N–H and O–H groups in total. The monoisotopic (exact) mass is 566 g/mol. The number of hydrogen-bond acceptors (Lipinski definition) is 7. The van der Waals surface area contributed by atoms with E-state index in [1.54, 1.807) is 6.07 Å². The molecule has 0 atom stereocenters. The number of aromatic nitrogens is 2. The van der Waals surface area contributed by atoms with Crippen LogP contribution in [0.25, 0.3) is 38.1 Å². The third-order valence-corrected chi connectivity index (χ3v) is 8.58. The highest BCUT2D eigenvalue weighted by molar-refractivity contribution is 6.22. The first-order valence-corrected chi connectivity index (χ1v) is 14.9. The van der Waals surface area contributed by atoms with Gasteiger partial charge in [0, 0.05) is 47.7 Å². The minimum absolute atomic E-state index is 0.0913. The summed E-state index contributed by atoms with van der Waals surface area (Å²) in [4.78, 5) is 74.5. The quantitative estimate of drug-likeness (QED) is 0.266. The van der Waals surface area contributed by atoms with Gasteiger partial charge in [-0.2, -0.15) is 0 Å². The molecule has 0 amide bonds. The Hall–Kier alpha value is -4.53. The van der Waals surface area contributed by atoms with Crippen LogP contribution in [0.5, 0.6) is 0 Å². The Morgan fingerprint density at radius 3 is 1.45 bits per heavy atom. The standard InChI is InChI=1S/C33H34N4O5/c1-5-9-17-36-30(39)19-15-16-20-24-23(19)25(32(36)41)26(28(38)27(24)33(42)37(31(20)40)18-10-6-2)29-34(7-3)21-13-11-12-14-22(21)35(29)8-4/h11-16H,5-10,17-18H2,1-4H3. The molecular weight excluding hydrogens is 532 g/mol. The molecular formula is C33H34N4O5. The van der Waals surface area contributed by atoms with Crippen LogP contribution in [0, 0.1) is 0 Å². The average Bonchev–Trinajstić information content (AvgIpc) is 3.31. The van der Waals surface area contributed by atoms with Crippen molar-refractivity contribution < 1.29 is 0 Å². The van der Waals surface area contributed by atoms with Crippen molar-refractivity contribution in [3.8, 4) is 0 Å². The van der Waals surface area contributed by atoms with Crippen LogP contribution < -0.4 is 42.7 Å². The molecule has 0 unspecified atom stereocenters. The second-order valence-electron chi connectivity index (χ2n) is 10.9. The maximum Gasteiger partial charge on any atom is 0.265 e. The number of para-hydroxylation sites is 2. The number of pyridine rings is 2. The Balaban J connectivity index is 1.97. The lowest BCUT2D eigenvalue weighted by Gasteiger charge is -2.24. The first-order chi connectivity index (χ1) is 20.3. The highest BCUT2D eigenvalue weighted by atomic mass is 16.2. The van der Waals surface area contributed by atoms with Gasteiger partial charge in [-0.15, -0.1) is 0 Å². The maximum absolute atomic E-state index is 14.8. The molecule has 0 saturated heterocycles. The summed E-state index contributed by atoms with van der Waals surface area (Å²) in [6.45, 7) is 9.27. The van der Waals surface area contributed by atoms with E-state index in [1.807, 2.05) is 61.8 Å². The van der Waals surface area contributed by atoms with Crippen LogP contribution in [0.15, 0.2) is 60.4 Å². The van der Waals surface area contributed by atoms with Crippen molar-refractivity contribution in [3.05, 3.63) is 93.3 Å². The molecule has 0 bridgehead atoms. The van der Waals surface area contributed by atoms with E-state index < -0.39 is 27.7 Å². The van der Waals surface area contributed by atoms with Gasteiger partial charge in [0.25, 0.3) is 22.2 Å². The number of rotatable bonds is 8. The summed E-state index contributed by atoms with van der Waals surface area (Å²) in [6, 6.07) is 10.9. The van der Waals surface area contributed by atoms with Gasteiger partial charge in [0.1, 0.15) is 5.82 Å². The molecule has 5 aromatic rings. The van der Waals surface area contributed by atoms with Crippen LogP contribution in [0.1, 0.15) is 53.4 Å². The highest BCUT2D eigenvalue weighted by Gasteiger charge is 2.33. The Morgan fingerprint density at radius 2 is 1.00 bits per heavy atom. The summed E-state index contributed by atoms with van der Waals surface area (Å²) in [5, 5.41) is 0.805. The third-order valence-electron chi connectivity index (χ3n) is 8.58. The predicted molar refractivity (Wildman–Crippen MR) is 170 cm³/mol. The molecule has 9 heteroatoms. The van der Waals surface area contributed by atoms with Crippen molar-refractivity contribution in [1.82, 2.24) is 9.13 Å². The minimum Gasteiger partial charge on any atom is -0.326 e. The van der Waals surface area contributed by atoms with E-state index in [-0.39, 0.29) is 50.6 Å². The minimum atomic E-state index is -0.675. The van der Waals surface area contributed by atoms with Crippen molar-refractivity contribution in [2.45, 2.75) is 66.5 Å². The zero-order valence-electron chi connectivity index (χ0n) is 24.5. The number of hydrogen-bond donors (Lipinski definition) is 0. The second-order valence-corrected chi connectivity index (χ2v) is 10.9. The fourth-order valence-electron chi connectivity index (χ4n) is 6.58. The van der Waals surface area contributed by atoms with Gasteiger partial charge < -0.3 is 9.80 Å². The van der Waals surface area contributed by atoms with E-state index in [0.717, 1.165) is 28.8 Å². The summed E-state index contributed by atoms with van der Waals surface area (Å²) in [5.41, 5.74) is -1.04. The normalized spacial score (nSPS) is 13.4. The van der Waals surface area contributed by atoms with Gasteiger partial charge in [0.15, 0.2) is 0 Å². The number of nitrogens with zero attached hydrogens (tertiary/aromatic N) is 4. The molecule has 42 heavy (non-hydrogen) atoms. The number of anilines is 2. The van der Waals surface area contributed by atoms with E-state index in [9.17, 15) is 24.0 Å². The Kier molecular flexibility index (Phi) is 6.83. The smallest absolute Gasteiger partial charge is 0.265 e. The van der Waals surface area contributed by atoms with Crippen LogP contribution in [0.4, 0.5) is 11.4 Å². The van der Waals surface area contributed by atoms with Crippen molar-refractivity contribution >= 4 is 49.5 Å². The van der Waals surface area contributed by atoms with Gasteiger partial charge in [-0.1, -0.05) is 38.8 Å². The largest absolute Gasteiger partial charge is 0.326 e. The molecule has 6 rings (SSSR count). The number of fused-ring (bicyclic) bond motifs is 1. The summed E-state index contributed by atoms with van der Waals surface area (Å²) in [5.74, 6) is 0.513. The fraction of sp³-hybridized carbons (Fsp3) is 0.364. The molecule has 0 fully saturated rings. The van der Waals surface area contributed by atoms with Gasteiger partial charge in [0.2, 0.25) is 5.43 Å². The van der Waals surface area contributed by atoms with Crippen molar-refractivity contribution in [2.24, 2.45) is 0 Å². The van der Waals surface area contributed by atoms with E-state index >= 15 is 0 Å². The van der Waals surface area contributed by atoms with Crippen molar-refractivity contribution in [1.29, 1.82) is 0 Å². The molecule has 3 heterocycles. The Morgan fingerprint density at radius 1 is 0.548 bits per heavy atom.